The summed E-state index contributed by atoms with van der Waals surface area (Å²) in [5, 5.41) is 11.2. The van der Waals surface area contributed by atoms with Gasteiger partial charge in [-0.3, -0.25) is 0 Å². The second kappa shape index (κ2) is 7.44. The van der Waals surface area contributed by atoms with Crippen molar-refractivity contribution in [1.29, 1.82) is 0 Å². The number of carboxylic acid groups (broad SMARTS) is 1. The lowest BCUT2D eigenvalue weighted by Crippen LogP contribution is -2.37. The molecule has 0 aromatic heterocycles. The van der Waals surface area contributed by atoms with Gasteiger partial charge in [-0.05, 0) is 25.1 Å². The van der Waals surface area contributed by atoms with Crippen molar-refractivity contribution in [3.8, 4) is 0 Å². The third-order valence-corrected chi connectivity index (χ3v) is 2.69. The average molecular weight is 284 g/mol. The molecular weight excluding hydrogens is 267 g/mol. The fraction of sp³-hybridized carbons (Fsp3) is 0.385. The number of amides is 2. The van der Waals surface area contributed by atoms with Crippen molar-refractivity contribution in [2.24, 2.45) is 0 Å². The van der Waals surface area contributed by atoms with Gasteiger partial charge in [-0.2, -0.15) is 0 Å². The maximum Gasteiger partial charge on any atom is 0.335 e. The predicted molar refractivity (Wildman–Crippen MR) is 71.5 cm³/mol. The Bertz CT molecular complexity index is 493. The lowest BCUT2D eigenvalue weighted by molar-refractivity contribution is 0.0697. The molecule has 0 aliphatic rings. The first kappa shape index (κ1) is 15.9. The molecule has 1 aromatic carbocycles. The number of nitrogens with zero attached hydrogens (tertiary/aromatic N) is 1. The Kier molecular flexibility index (Phi) is 5.92. The van der Waals surface area contributed by atoms with Crippen molar-refractivity contribution in [3.05, 3.63) is 29.6 Å². The number of halogens is 1. The van der Waals surface area contributed by atoms with E-state index in [0.29, 0.717) is 19.7 Å². The Morgan fingerprint density at radius 3 is 2.70 bits per heavy atom. The van der Waals surface area contributed by atoms with Crippen LogP contribution in [0.4, 0.5) is 14.9 Å². The van der Waals surface area contributed by atoms with Gasteiger partial charge in [0, 0.05) is 20.2 Å². The van der Waals surface area contributed by atoms with Crippen LogP contribution in [-0.4, -0.2) is 48.8 Å². The molecule has 2 N–H and O–H groups in total. The highest BCUT2D eigenvalue weighted by molar-refractivity contribution is 5.93. The molecule has 20 heavy (non-hydrogen) atoms. The van der Waals surface area contributed by atoms with Gasteiger partial charge in [-0.15, -0.1) is 0 Å². The number of methoxy groups -OCH3 is 1. The van der Waals surface area contributed by atoms with Gasteiger partial charge < -0.3 is 20.1 Å². The molecule has 0 aliphatic heterocycles. The van der Waals surface area contributed by atoms with Crippen LogP contribution in [0.5, 0.6) is 0 Å². The molecular formula is C13H17FN2O4. The van der Waals surface area contributed by atoms with Crippen molar-refractivity contribution < 1.29 is 23.8 Å². The van der Waals surface area contributed by atoms with E-state index in [1.165, 1.54) is 12.0 Å². The Morgan fingerprint density at radius 1 is 1.45 bits per heavy atom. The second-order valence-electron chi connectivity index (χ2n) is 4.00. The zero-order chi connectivity index (χ0) is 15.1. The summed E-state index contributed by atoms with van der Waals surface area (Å²) >= 11 is 0. The Morgan fingerprint density at radius 2 is 2.15 bits per heavy atom. The van der Waals surface area contributed by atoms with Crippen LogP contribution in [0.2, 0.25) is 0 Å². The van der Waals surface area contributed by atoms with Crippen molar-refractivity contribution in [2.75, 3.05) is 32.1 Å². The van der Waals surface area contributed by atoms with Crippen LogP contribution >= 0.6 is 0 Å². The zero-order valence-corrected chi connectivity index (χ0v) is 11.4. The SMILES string of the molecule is CCN(CCOC)C(=O)Nc1cc(C(=O)O)ccc1F. The summed E-state index contributed by atoms with van der Waals surface area (Å²) in [6.07, 6.45) is 0. The van der Waals surface area contributed by atoms with Crippen LogP contribution in [-0.2, 0) is 4.74 Å². The second-order valence-corrected chi connectivity index (χ2v) is 4.00. The molecule has 0 saturated heterocycles. The summed E-state index contributed by atoms with van der Waals surface area (Å²) in [6.45, 7) is 2.92. The van der Waals surface area contributed by atoms with Gasteiger partial charge in [-0.1, -0.05) is 0 Å². The molecule has 0 aliphatic carbocycles. The fourth-order valence-corrected chi connectivity index (χ4v) is 1.55. The van der Waals surface area contributed by atoms with Crippen LogP contribution in [0.25, 0.3) is 0 Å². The number of benzene rings is 1. The zero-order valence-electron chi connectivity index (χ0n) is 11.4. The summed E-state index contributed by atoms with van der Waals surface area (Å²) in [5.74, 6) is -1.88. The van der Waals surface area contributed by atoms with Crippen LogP contribution < -0.4 is 5.32 Å². The van der Waals surface area contributed by atoms with Gasteiger partial charge >= 0.3 is 12.0 Å². The number of anilines is 1. The quantitative estimate of drug-likeness (QED) is 0.837. The molecule has 0 spiro atoms. The Hall–Kier alpha value is -2.15. The van der Waals surface area contributed by atoms with E-state index >= 15 is 0 Å². The van der Waals surface area contributed by atoms with Crippen LogP contribution in [0.15, 0.2) is 18.2 Å². The van der Waals surface area contributed by atoms with E-state index in [4.69, 9.17) is 9.84 Å². The predicted octanol–water partition coefficient (Wildman–Crippen LogP) is 2.02. The highest BCUT2D eigenvalue weighted by Crippen LogP contribution is 2.16. The first-order valence-electron chi connectivity index (χ1n) is 6.07. The minimum absolute atomic E-state index is 0.0957. The van der Waals surface area contributed by atoms with E-state index in [9.17, 15) is 14.0 Å². The monoisotopic (exact) mass is 284 g/mol. The molecule has 7 heteroatoms. The molecule has 0 atom stereocenters. The standard InChI is InChI=1S/C13H17FN2O4/c1-3-16(6-7-20-2)13(19)15-11-8-9(12(17)18)4-5-10(11)14/h4-5,8H,3,6-7H2,1-2H3,(H,15,19)(H,17,18). The minimum atomic E-state index is -1.19. The van der Waals surface area contributed by atoms with E-state index in [1.807, 2.05) is 0 Å². The number of carbonyl (C=O) groups is 2. The number of nitrogens with one attached hydrogen (secondary N) is 1. The lowest BCUT2D eigenvalue weighted by Gasteiger charge is -2.21. The van der Waals surface area contributed by atoms with E-state index in [1.54, 1.807) is 6.92 Å². The maximum atomic E-state index is 13.6. The summed E-state index contributed by atoms with van der Waals surface area (Å²) in [4.78, 5) is 24.2. The third-order valence-electron chi connectivity index (χ3n) is 2.69. The van der Waals surface area contributed by atoms with E-state index in [-0.39, 0.29) is 11.3 Å². The number of ether oxygens (including phenoxy) is 1. The van der Waals surface area contributed by atoms with E-state index in [0.717, 1.165) is 18.2 Å². The molecule has 0 bridgehead atoms. The molecule has 110 valence electrons. The van der Waals surface area contributed by atoms with E-state index < -0.39 is 17.8 Å². The summed E-state index contributed by atoms with van der Waals surface area (Å²) in [5.41, 5.74) is -0.257. The molecule has 0 saturated carbocycles. The minimum Gasteiger partial charge on any atom is -0.478 e. The average Bonchev–Trinajstić information content (AvgIpc) is 2.41. The van der Waals surface area contributed by atoms with Crippen molar-refractivity contribution >= 4 is 17.7 Å². The summed E-state index contributed by atoms with van der Waals surface area (Å²) < 4.78 is 18.4. The number of hydrogen-bond acceptors (Lipinski definition) is 3. The Labute approximate surface area is 116 Å². The first-order chi connectivity index (χ1) is 9.49. The molecule has 6 nitrogen and oxygen atoms in total. The number of likely N-dealkylation sites (N-methyl/N-ethyl adjacent to an activating group) is 1. The fourth-order valence-electron chi connectivity index (χ4n) is 1.55. The number of carboxylic acids is 1. The smallest absolute Gasteiger partial charge is 0.335 e. The normalized spacial score (nSPS) is 10.2. The Balaban J connectivity index is 2.83. The highest BCUT2D eigenvalue weighted by atomic mass is 19.1. The first-order valence-corrected chi connectivity index (χ1v) is 6.07. The van der Waals surface area contributed by atoms with Gasteiger partial charge in [-0.25, -0.2) is 14.0 Å². The van der Waals surface area contributed by atoms with Gasteiger partial charge in [0.05, 0.1) is 17.9 Å². The van der Waals surface area contributed by atoms with Crippen molar-refractivity contribution in [3.63, 3.8) is 0 Å². The van der Waals surface area contributed by atoms with E-state index in [2.05, 4.69) is 5.32 Å². The molecule has 0 unspecified atom stereocenters. The van der Waals surface area contributed by atoms with Crippen LogP contribution in [0.3, 0.4) is 0 Å². The van der Waals surface area contributed by atoms with Crippen molar-refractivity contribution in [1.82, 2.24) is 4.90 Å². The lowest BCUT2D eigenvalue weighted by atomic mass is 10.2. The summed E-state index contributed by atoms with van der Waals surface area (Å²) in [6, 6.07) is 2.71. The molecule has 1 aromatic rings. The molecule has 2 amide bonds. The van der Waals surface area contributed by atoms with Crippen LogP contribution in [0, 0.1) is 5.82 Å². The third kappa shape index (κ3) is 4.20. The molecule has 1 rings (SSSR count). The largest absolute Gasteiger partial charge is 0.478 e. The topological polar surface area (TPSA) is 78.9 Å². The maximum absolute atomic E-state index is 13.6. The molecule has 0 heterocycles. The highest BCUT2D eigenvalue weighted by Gasteiger charge is 2.15. The summed E-state index contributed by atoms with van der Waals surface area (Å²) in [7, 11) is 1.52. The molecule has 0 radical (unpaired) electrons. The van der Waals surface area contributed by atoms with Crippen molar-refractivity contribution in [2.45, 2.75) is 6.92 Å². The van der Waals surface area contributed by atoms with Gasteiger partial charge in [0.2, 0.25) is 0 Å². The number of urea groups is 1. The van der Waals surface area contributed by atoms with Gasteiger partial charge in [0.15, 0.2) is 0 Å². The van der Waals surface area contributed by atoms with Gasteiger partial charge in [0.25, 0.3) is 0 Å². The number of aromatic carboxylic acids is 1. The number of carbonyl (C=O) groups excluding carboxylic acids is 1. The van der Waals surface area contributed by atoms with Crippen LogP contribution in [0.1, 0.15) is 17.3 Å². The number of rotatable bonds is 6. The molecule has 0 fully saturated rings. The van der Waals surface area contributed by atoms with Gasteiger partial charge in [0.1, 0.15) is 5.82 Å². The number of hydrogen-bond donors (Lipinski definition) is 2.